The van der Waals surface area contributed by atoms with Gasteiger partial charge in [0.25, 0.3) is 0 Å². The maximum absolute atomic E-state index is 11.8. The highest BCUT2D eigenvalue weighted by molar-refractivity contribution is 5.86. The molecule has 0 radical (unpaired) electrons. The predicted octanol–water partition coefficient (Wildman–Crippen LogP) is 2.37. The fraction of sp³-hybridized carbons (Fsp3) is 0.917. The summed E-state index contributed by atoms with van der Waals surface area (Å²) in [5.41, 5.74) is -0.0412. The van der Waals surface area contributed by atoms with Gasteiger partial charge in [-0.3, -0.25) is 9.69 Å². The van der Waals surface area contributed by atoms with Gasteiger partial charge in [-0.15, -0.1) is 0 Å². The van der Waals surface area contributed by atoms with Crippen LogP contribution in [-0.4, -0.2) is 29.3 Å². The Hall–Kier alpha value is -0.370. The second-order valence-corrected chi connectivity index (χ2v) is 4.84. The minimum atomic E-state index is -0.0412. The van der Waals surface area contributed by atoms with Crippen molar-refractivity contribution in [1.29, 1.82) is 0 Å². The molecule has 14 heavy (non-hydrogen) atoms. The molecule has 1 saturated heterocycles. The Labute approximate surface area is 86.7 Å². The lowest BCUT2D eigenvalue weighted by molar-refractivity contribution is -0.129. The summed E-state index contributed by atoms with van der Waals surface area (Å²) >= 11 is 0. The Bertz CT molecular complexity index is 212. The SMILES string of the molecule is CC(=O)C1(N2CCCCC2)CCCC1. The Balaban J connectivity index is 2.12. The maximum atomic E-state index is 11.8. The Morgan fingerprint density at radius 3 is 2.07 bits per heavy atom. The van der Waals surface area contributed by atoms with E-state index < -0.39 is 0 Å². The highest BCUT2D eigenvalue weighted by atomic mass is 16.1. The summed E-state index contributed by atoms with van der Waals surface area (Å²) in [4.78, 5) is 14.3. The van der Waals surface area contributed by atoms with Crippen molar-refractivity contribution < 1.29 is 4.79 Å². The zero-order chi connectivity index (χ0) is 10.0. The molecule has 0 aromatic heterocycles. The van der Waals surface area contributed by atoms with Crippen LogP contribution in [0.2, 0.25) is 0 Å². The zero-order valence-corrected chi connectivity index (χ0v) is 9.22. The van der Waals surface area contributed by atoms with E-state index in [1.807, 2.05) is 0 Å². The van der Waals surface area contributed by atoms with Crippen LogP contribution in [0.4, 0.5) is 0 Å². The van der Waals surface area contributed by atoms with E-state index in [1.54, 1.807) is 6.92 Å². The Morgan fingerprint density at radius 1 is 1.00 bits per heavy atom. The number of carbonyl (C=O) groups excluding carboxylic acids is 1. The second-order valence-electron chi connectivity index (χ2n) is 4.84. The van der Waals surface area contributed by atoms with Crippen LogP contribution in [-0.2, 0) is 4.79 Å². The minimum Gasteiger partial charge on any atom is -0.298 e. The molecule has 0 spiro atoms. The molecule has 0 atom stereocenters. The Morgan fingerprint density at radius 2 is 1.57 bits per heavy atom. The molecule has 1 saturated carbocycles. The number of carbonyl (C=O) groups is 1. The first kappa shape index (κ1) is 10.2. The highest BCUT2D eigenvalue weighted by Crippen LogP contribution is 2.37. The number of ketones is 1. The van der Waals surface area contributed by atoms with Crippen LogP contribution >= 0.6 is 0 Å². The van der Waals surface area contributed by atoms with Gasteiger partial charge in [0.1, 0.15) is 5.78 Å². The van der Waals surface area contributed by atoms with Gasteiger partial charge in [-0.05, 0) is 45.7 Å². The van der Waals surface area contributed by atoms with Crippen LogP contribution in [0.25, 0.3) is 0 Å². The van der Waals surface area contributed by atoms with Crippen LogP contribution < -0.4 is 0 Å². The normalized spacial score (nSPS) is 27.8. The number of likely N-dealkylation sites (tertiary alicyclic amines) is 1. The van der Waals surface area contributed by atoms with Gasteiger partial charge in [-0.25, -0.2) is 0 Å². The quantitative estimate of drug-likeness (QED) is 0.674. The maximum Gasteiger partial charge on any atom is 0.150 e. The largest absolute Gasteiger partial charge is 0.298 e. The highest BCUT2D eigenvalue weighted by Gasteiger charge is 2.43. The number of hydrogen-bond acceptors (Lipinski definition) is 2. The molecule has 2 nitrogen and oxygen atoms in total. The van der Waals surface area contributed by atoms with Crippen molar-refractivity contribution in [2.45, 2.75) is 57.4 Å². The fourth-order valence-corrected chi connectivity index (χ4v) is 3.17. The average Bonchev–Trinajstić information content (AvgIpc) is 2.69. The third-order valence-corrected chi connectivity index (χ3v) is 4.05. The van der Waals surface area contributed by atoms with Crippen molar-refractivity contribution in [3.05, 3.63) is 0 Å². The molecule has 0 N–H and O–H groups in total. The molecule has 0 aromatic carbocycles. The van der Waals surface area contributed by atoms with E-state index >= 15 is 0 Å². The van der Waals surface area contributed by atoms with Crippen molar-refractivity contribution in [2.75, 3.05) is 13.1 Å². The van der Waals surface area contributed by atoms with E-state index in [9.17, 15) is 4.79 Å². The van der Waals surface area contributed by atoms with Crippen LogP contribution in [0, 0.1) is 0 Å². The summed E-state index contributed by atoms with van der Waals surface area (Å²) in [6.45, 7) is 4.10. The molecule has 0 bridgehead atoms. The van der Waals surface area contributed by atoms with Gasteiger partial charge in [0.05, 0.1) is 5.54 Å². The van der Waals surface area contributed by atoms with Crippen molar-refractivity contribution in [1.82, 2.24) is 4.90 Å². The molecule has 0 aromatic rings. The molecule has 80 valence electrons. The van der Waals surface area contributed by atoms with Crippen molar-refractivity contribution in [3.8, 4) is 0 Å². The lowest BCUT2D eigenvalue weighted by atomic mass is 9.88. The summed E-state index contributed by atoms with van der Waals surface area (Å²) in [6.07, 6.45) is 8.64. The van der Waals surface area contributed by atoms with Gasteiger partial charge in [-0.2, -0.15) is 0 Å². The third-order valence-electron chi connectivity index (χ3n) is 4.05. The van der Waals surface area contributed by atoms with Crippen LogP contribution in [0.3, 0.4) is 0 Å². The van der Waals surface area contributed by atoms with Gasteiger partial charge >= 0.3 is 0 Å². The van der Waals surface area contributed by atoms with Crippen molar-refractivity contribution >= 4 is 5.78 Å². The Kier molecular flexibility index (Phi) is 2.91. The van der Waals surface area contributed by atoms with E-state index in [4.69, 9.17) is 0 Å². The molecule has 2 aliphatic rings. The molecular weight excluding hydrogens is 174 g/mol. The number of piperidine rings is 1. The first-order valence-electron chi connectivity index (χ1n) is 6.02. The van der Waals surface area contributed by atoms with E-state index in [1.165, 1.54) is 32.1 Å². The minimum absolute atomic E-state index is 0.0412. The smallest absolute Gasteiger partial charge is 0.150 e. The van der Waals surface area contributed by atoms with Crippen molar-refractivity contribution in [3.63, 3.8) is 0 Å². The van der Waals surface area contributed by atoms with Crippen LogP contribution in [0.15, 0.2) is 0 Å². The molecule has 1 heterocycles. The first-order chi connectivity index (χ1) is 6.76. The molecule has 2 rings (SSSR count). The zero-order valence-electron chi connectivity index (χ0n) is 9.22. The molecule has 2 heteroatoms. The number of Topliss-reactive ketones (excluding diaryl/α,β-unsaturated/α-hetero) is 1. The lowest BCUT2D eigenvalue weighted by Gasteiger charge is -2.41. The molecule has 0 unspecified atom stereocenters. The monoisotopic (exact) mass is 195 g/mol. The summed E-state index contributed by atoms with van der Waals surface area (Å²) in [6, 6.07) is 0. The summed E-state index contributed by atoms with van der Waals surface area (Å²) in [7, 11) is 0. The van der Waals surface area contributed by atoms with Gasteiger partial charge in [0.2, 0.25) is 0 Å². The number of nitrogens with zero attached hydrogens (tertiary/aromatic N) is 1. The molecule has 2 fully saturated rings. The summed E-state index contributed by atoms with van der Waals surface area (Å²) < 4.78 is 0. The third kappa shape index (κ3) is 1.60. The van der Waals surface area contributed by atoms with E-state index in [0.717, 1.165) is 25.9 Å². The van der Waals surface area contributed by atoms with Gasteiger partial charge in [0.15, 0.2) is 0 Å². The molecule has 0 amide bonds. The molecule has 1 aliphatic heterocycles. The van der Waals surface area contributed by atoms with E-state index in [0.29, 0.717) is 5.78 Å². The van der Waals surface area contributed by atoms with Crippen LogP contribution in [0.1, 0.15) is 51.9 Å². The molecular formula is C12H21NO. The first-order valence-corrected chi connectivity index (χ1v) is 6.02. The average molecular weight is 195 g/mol. The van der Waals surface area contributed by atoms with E-state index in [-0.39, 0.29) is 5.54 Å². The fourth-order valence-electron chi connectivity index (χ4n) is 3.17. The summed E-state index contributed by atoms with van der Waals surface area (Å²) in [5, 5.41) is 0. The van der Waals surface area contributed by atoms with Crippen LogP contribution in [0.5, 0.6) is 0 Å². The predicted molar refractivity (Wildman–Crippen MR) is 57.3 cm³/mol. The van der Waals surface area contributed by atoms with Gasteiger partial charge in [0, 0.05) is 0 Å². The van der Waals surface area contributed by atoms with Crippen molar-refractivity contribution in [2.24, 2.45) is 0 Å². The standard InChI is InChI=1S/C12H21NO/c1-11(14)12(7-3-4-8-12)13-9-5-2-6-10-13/h2-10H2,1H3. The van der Waals surface area contributed by atoms with Gasteiger partial charge in [-0.1, -0.05) is 19.3 Å². The molecule has 1 aliphatic carbocycles. The second kappa shape index (κ2) is 4.01. The van der Waals surface area contributed by atoms with E-state index in [2.05, 4.69) is 4.90 Å². The van der Waals surface area contributed by atoms with Gasteiger partial charge < -0.3 is 0 Å². The topological polar surface area (TPSA) is 20.3 Å². The summed E-state index contributed by atoms with van der Waals surface area (Å²) in [5.74, 6) is 0.414. The lowest BCUT2D eigenvalue weighted by Crippen LogP contribution is -2.53. The number of hydrogen-bond donors (Lipinski definition) is 0. The number of rotatable bonds is 2.